The summed E-state index contributed by atoms with van der Waals surface area (Å²) in [6.45, 7) is 10.1. The van der Waals surface area contributed by atoms with E-state index in [4.69, 9.17) is 19.6 Å². The topological polar surface area (TPSA) is 117 Å². The zero-order valence-corrected chi connectivity index (χ0v) is 14.4. The van der Waals surface area contributed by atoms with Gasteiger partial charge in [-0.25, -0.2) is 0 Å². The molecule has 0 aliphatic heterocycles. The van der Waals surface area contributed by atoms with Crippen LogP contribution in [0.25, 0.3) is 0 Å². The summed E-state index contributed by atoms with van der Waals surface area (Å²) in [4.78, 5) is 42.8. The first-order valence-corrected chi connectivity index (χ1v) is 7.13. The van der Waals surface area contributed by atoms with Crippen molar-refractivity contribution in [3.05, 3.63) is 23.3 Å². The minimum absolute atomic E-state index is 0.182. The Morgan fingerprint density at radius 2 is 1.33 bits per heavy atom. The summed E-state index contributed by atoms with van der Waals surface area (Å²) >= 11 is 0. The van der Waals surface area contributed by atoms with E-state index >= 15 is 0 Å². The number of hydrogen-bond donors (Lipinski definition) is 0. The smallest absolute Gasteiger partial charge is 0.221 e. The Balaban J connectivity index is 3.38. The Morgan fingerprint density at radius 3 is 1.75 bits per heavy atom. The van der Waals surface area contributed by atoms with Crippen molar-refractivity contribution >= 4 is 11.9 Å². The van der Waals surface area contributed by atoms with Gasteiger partial charge in [-0.15, -0.1) is 0 Å². The highest BCUT2D eigenvalue weighted by Gasteiger charge is 2.24. The van der Waals surface area contributed by atoms with E-state index in [1.807, 2.05) is 0 Å². The second kappa shape index (κ2) is 7.06. The van der Waals surface area contributed by atoms with Crippen LogP contribution in [0.3, 0.4) is 0 Å². The molecule has 0 aliphatic rings. The first-order chi connectivity index (χ1) is 10.8. The number of carboxylic acid groups (broad SMARTS) is 2. The van der Waals surface area contributed by atoms with Gasteiger partial charge in [0.2, 0.25) is 11.5 Å². The van der Waals surface area contributed by atoms with E-state index in [1.54, 1.807) is 41.5 Å². The van der Waals surface area contributed by atoms with Gasteiger partial charge in [0.05, 0.1) is 17.5 Å². The molecule has 0 aromatic heterocycles. The zero-order chi connectivity index (χ0) is 18.7. The molecule has 1 aromatic rings. The van der Waals surface area contributed by atoms with Crippen molar-refractivity contribution in [2.24, 2.45) is 0 Å². The van der Waals surface area contributed by atoms with Crippen molar-refractivity contribution in [3.8, 4) is 11.5 Å². The van der Waals surface area contributed by atoms with Gasteiger partial charge in [-0.3, -0.25) is 0 Å². The Morgan fingerprint density at radius 1 is 0.833 bits per heavy atom. The SMILES string of the molecule is CC(C)(C)OOc1ccc(C(=O)[O-])c(C(=O)[O-])c1OOC(C)(C)C. The van der Waals surface area contributed by atoms with E-state index in [-0.39, 0.29) is 5.75 Å². The number of carbonyl (C=O) groups is 2. The molecule has 0 fully saturated rings. The van der Waals surface area contributed by atoms with Gasteiger partial charge in [0.1, 0.15) is 11.2 Å². The van der Waals surface area contributed by atoms with E-state index in [0.717, 1.165) is 6.07 Å². The van der Waals surface area contributed by atoms with Crippen LogP contribution in [0.1, 0.15) is 62.3 Å². The van der Waals surface area contributed by atoms with Gasteiger partial charge in [0.15, 0.2) is 0 Å². The summed E-state index contributed by atoms with van der Waals surface area (Å²) in [5, 5.41) is 22.5. The van der Waals surface area contributed by atoms with Crippen LogP contribution in [0.4, 0.5) is 0 Å². The maximum atomic E-state index is 11.4. The minimum Gasteiger partial charge on any atom is -0.545 e. The van der Waals surface area contributed by atoms with Crippen LogP contribution in [0, 0.1) is 0 Å². The molecule has 0 aliphatic carbocycles. The molecule has 0 heterocycles. The molecule has 0 atom stereocenters. The molecule has 8 heteroatoms. The summed E-state index contributed by atoms with van der Waals surface area (Å²) in [5.41, 5.74) is -2.92. The third-order valence-electron chi connectivity index (χ3n) is 2.30. The molecule has 0 unspecified atom stereocenters. The molecular weight excluding hydrogens is 320 g/mol. The number of carbonyl (C=O) groups excluding carboxylic acids is 2. The Kier molecular flexibility index (Phi) is 5.80. The number of rotatable bonds is 6. The molecule has 0 bridgehead atoms. The molecule has 24 heavy (non-hydrogen) atoms. The van der Waals surface area contributed by atoms with Crippen molar-refractivity contribution in [2.45, 2.75) is 52.7 Å². The van der Waals surface area contributed by atoms with Crippen LogP contribution in [-0.4, -0.2) is 23.1 Å². The Labute approximate surface area is 139 Å². The molecule has 0 spiro atoms. The molecule has 0 saturated carbocycles. The van der Waals surface area contributed by atoms with Crippen molar-refractivity contribution in [1.29, 1.82) is 0 Å². The molecule has 0 radical (unpaired) electrons. The lowest BCUT2D eigenvalue weighted by Crippen LogP contribution is -2.32. The molecule has 1 rings (SSSR count). The molecule has 0 amide bonds. The highest BCUT2D eigenvalue weighted by atomic mass is 17.2. The lowest BCUT2D eigenvalue weighted by molar-refractivity contribution is -0.294. The molecule has 8 nitrogen and oxygen atoms in total. The van der Waals surface area contributed by atoms with Crippen LogP contribution >= 0.6 is 0 Å². The Hall–Kier alpha value is -2.32. The van der Waals surface area contributed by atoms with Gasteiger partial charge in [0, 0.05) is 5.56 Å². The quantitative estimate of drug-likeness (QED) is 0.547. The van der Waals surface area contributed by atoms with Gasteiger partial charge in [-0.2, -0.15) is 9.78 Å². The second-order valence-electron chi connectivity index (χ2n) is 6.95. The van der Waals surface area contributed by atoms with Gasteiger partial charge in [0.25, 0.3) is 0 Å². The Bertz CT molecular complexity index is 622. The highest BCUT2D eigenvalue weighted by Crippen LogP contribution is 2.35. The number of aromatic carboxylic acids is 2. The standard InChI is InChI=1S/C16H22O8/c1-15(2,3)23-21-10-8-7-9(13(17)18)11(14(19)20)12(10)22-24-16(4,5)6/h7-8H,1-6H3,(H,17,18)(H,19,20)/p-2. The lowest BCUT2D eigenvalue weighted by atomic mass is 10.1. The van der Waals surface area contributed by atoms with Gasteiger partial charge >= 0.3 is 0 Å². The summed E-state index contributed by atoms with van der Waals surface area (Å²) < 4.78 is 0. The van der Waals surface area contributed by atoms with Crippen LogP contribution in [0.5, 0.6) is 11.5 Å². The number of carboxylic acids is 2. The normalized spacial score (nSPS) is 11.9. The van der Waals surface area contributed by atoms with E-state index in [1.165, 1.54) is 6.07 Å². The lowest BCUT2D eigenvalue weighted by Gasteiger charge is -2.24. The van der Waals surface area contributed by atoms with E-state index in [2.05, 4.69) is 0 Å². The zero-order valence-electron chi connectivity index (χ0n) is 14.4. The van der Waals surface area contributed by atoms with Crippen molar-refractivity contribution in [2.75, 3.05) is 0 Å². The predicted octanol–water partition coefficient (Wildman–Crippen LogP) is 0.631. The average Bonchev–Trinajstić information content (AvgIpc) is 2.40. The average molecular weight is 340 g/mol. The summed E-state index contributed by atoms with van der Waals surface area (Å²) in [6.07, 6.45) is 0. The maximum Gasteiger partial charge on any atom is 0.221 e. The highest BCUT2D eigenvalue weighted by molar-refractivity contribution is 6.03. The number of benzene rings is 1. The van der Waals surface area contributed by atoms with E-state index < -0.39 is 40.0 Å². The third kappa shape index (κ3) is 5.71. The monoisotopic (exact) mass is 340 g/mol. The molecular formula is C16H20O8-2. The minimum atomic E-state index is -1.79. The van der Waals surface area contributed by atoms with E-state index in [0.29, 0.717) is 0 Å². The van der Waals surface area contributed by atoms with Crippen molar-refractivity contribution in [3.63, 3.8) is 0 Å². The molecule has 1 aromatic carbocycles. The molecule has 0 N–H and O–H groups in total. The summed E-state index contributed by atoms with van der Waals surface area (Å²) in [7, 11) is 0. The summed E-state index contributed by atoms with van der Waals surface area (Å²) in [6, 6.07) is 2.16. The maximum absolute atomic E-state index is 11.4. The third-order valence-corrected chi connectivity index (χ3v) is 2.30. The summed E-state index contributed by atoms with van der Waals surface area (Å²) in [5.74, 6) is -4.17. The first-order valence-electron chi connectivity index (χ1n) is 7.13. The van der Waals surface area contributed by atoms with Gasteiger partial charge in [-0.05, 0) is 53.7 Å². The van der Waals surface area contributed by atoms with Gasteiger partial charge < -0.3 is 29.6 Å². The number of hydrogen-bond acceptors (Lipinski definition) is 8. The van der Waals surface area contributed by atoms with E-state index in [9.17, 15) is 19.8 Å². The molecule has 0 saturated heterocycles. The van der Waals surface area contributed by atoms with Crippen LogP contribution in [0.15, 0.2) is 12.1 Å². The predicted molar refractivity (Wildman–Crippen MR) is 78.0 cm³/mol. The largest absolute Gasteiger partial charge is 0.545 e. The molecule has 134 valence electrons. The van der Waals surface area contributed by atoms with Gasteiger partial charge in [-0.1, -0.05) is 0 Å². The van der Waals surface area contributed by atoms with Crippen molar-refractivity contribution < 1.29 is 39.4 Å². The second-order valence-corrected chi connectivity index (χ2v) is 6.95. The fourth-order valence-electron chi connectivity index (χ4n) is 1.42. The van der Waals surface area contributed by atoms with Crippen LogP contribution in [0.2, 0.25) is 0 Å². The first kappa shape index (κ1) is 19.7. The van der Waals surface area contributed by atoms with Crippen LogP contribution < -0.4 is 20.0 Å². The van der Waals surface area contributed by atoms with Crippen LogP contribution in [-0.2, 0) is 9.78 Å². The fraction of sp³-hybridized carbons (Fsp3) is 0.500. The fourth-order valence-corrected chi connectivity index (χ4v) is 1.42. The van der Waals surface area contributed by atoms with Crippen molar-refractivity contribution in [1.82, 2.24) is 0 Å².